The van der Waals surface area contributed by atoms with E-state index in [-0.39, 0.29) is 17.9 Å². The van der Waals surface area contributed by atoms with Crippen LogP contribution in [0.25, 0.3) is 10.9 Å². The number of likely N-dealkylation sites (tertiary alicyclic amines) is 1. The third kappa shape index (κ3) is 2.68. The molecule has 0 saturated carbocycles. The van der Waals surface area contributed by atoms with E-state index in [0.717, 1.165) is 24.2 Å². The van der Waals surface area contributed by atoms with Gasteiger partial charge in [0.15, 0.2) is 0 Å². The first-order valence-electron chi connectivity index (χ1n) is 7.57. The summed E-state index contributed by atoms with van der Waals surface area (Å²) in [6.07, 6.45) is 0.561. The average Bonchev–Trinajstić information content (AvgIpc) is 3.05. The molecule has 0 bridgehead atoms. The molecule has 0 radical (unpaired) electrons. The summed E-state index contributed by atoms with van der Waals surface area (Å²) >= 11 is 0. The third-order valence-electron chi connectivity index (χ3n) is 4.57. The molecule has 0 spiro atoms. The lowest BCUT2D eigenvalue weighted by molar-refractivity contribution is -0.131. The number of aliphatic hydroxyl groups excluding tert-OH is 1. The fourth-order valence-electron chi connectivity index (χ4n) is 3.20. The van der Waals surface area contributed by atoms with E-state index in [9.17, 15) is 9.90 Å². The molecule has 2 heterocycles. The van der Waals surface area contributed by atoms with E-state index in [4.69, 9.17) is 0 Å². The average molecular weight is 286 g/mol. The minimum Gasteiger partial charge on any atom is -0.393 e. The smallest absolute Gasteiger partial charge is 0.242 e. The van der Waals surface area contributed by atoms with Gasteiger partial charge < -0.3 is 14.6 Å². The Balaban J connectivity index is 1.77. The second kappa shape index (κ2) is 5.53. The predicted octanol–water partition coefficient (Wildman–Crippen LogP) is 2.18. The van der Waals surface area contributed by atoms with Gasteiger partial charge in [0.25, 0.3) is 0 Å². The minimum absolute atomic E-state index is 0.141. The second-order valence-corrected chi connectivity index (χ2v) is 6.06. The van der Waals surface area contributed by atoms with Crippen molar-refractivity contribution in [3.8, 4) is 0 Å². The molecule has 1 N–H and O–H groups in total. The standard InChI is InChI=1S/C17H22N2O2/c1-12-9-14-5-3-4-6-16(14)19(12)11-17(21)18-8-7-15(10-18)13(2)20/h3-6,9,13,15,20H,7-8,10-11H2,1-2H3. The van der Waals surface area contributed by atoms with Gasteiger partial charge in [-0.05, 0) is 37.8 Å². The monoisotopic (exact) mass is 286 g/mol. The maximum absolute atomic E-state index is 12.5. The molecule has 2 aromatic rings. The molecule has 2 atom stereocenters. The van der Waals surface area contributed by atoms with E-state index in [1.54, 1.807) is 0 Å². The van der Waals surface area contributed by atoms with Gasteiger partial charge in [0, 0.05) is 30.2 Å². The van der Waals surface area contributed by atoms with Crippen LogP contribution in [0.4, 0.5) is 0 Å². The Morgan fingerprint density at radius 3 is 2.90 bits per heavy atom. The van der Waals surface area contributed by atoms with E-state index < -0.39 is 0 Å². The number of carbonyl (C=O) groups is 1. The molecule has 1 saturated heterocycles. The van der Waals surface area contributed by atoms with Crippen molar-refractivity contribution in [2.45, 2.75) is 32.9 Å². The lowest BCUT2D eigenvalue weighted by Gasteiger charge is -2.19. The van der Waals surface area contributed by atoms with Crippen molar-refractivity contribution >= 4 is 16.8 Å². The first-order chi connectivity index (χ1) is 10.1. The Morgan fingerprint density at radius 2 is 2.19 bits per heavy atom. The molecule has 1 fully saturated rings. The van der Waals surface area contributed by atoms with Crippen molar-refractivity contribution in [2.24, 2.45) is 5.92 Å². The zero-order valence-corrected chi connectivity index (χ0v) is 12.6. The lowest BCUT2D eigenvalue weighted by Crippen LogP contribution is -2.33. The molecule has 1 aliphatic heterocycles. The van der Waals surface area contributed by atoms with Crippen LogP contribution in [0.5, 0.6) is 0 Å². The van der Waals surface area contributed by atoms with E-state index in [0.29, 0.717) is 13.1 Å². The van der Waals surface area contributed by atoms with Crippen LogP contribution in [0.2, 0.25) is 0 Å². The Labute approximate surface area is 125 Å². The summed E-state index contributed by atoms with van der Waals surface area (Å²) < 4.78 is 2.08. The largest absolute Gasteiger partial charge is 0.393 e. The van der Waals surface area contributed by atoms with E-state index >= 15 is 0 Å². The van der Waals surface area contributed by atoms with Gasteiger partial charge >= 0.3 is 0 Å². The molecular formula is C17H22N2O2. The number of fused-ring (bicyclic) bond motifs is 1. The van der Waals surface area contributed by atoms with Crippen LogP contribution in [0.15, 0.2) is 30.3 Å². The number of aryl methyl sites for hydroxylation is 1. The van der Waals surface area contributed by atoms with E-state index in [2.05, 4.69) is 22.8 Å². The molecule has 4 heteroatoms. The van der Waals surface area contributed by atoms with Gasteiger partial charge in [-0.15, -0.1) is 0 Å². The van der Waals surface area contributed by atoms with Crippen molar-refractivity contribution in [1.82, 2.24) is 9.47 Å². The highest BCUT2D eigenvalue weighted by Crippen LogP contribution is 2.22. The lowest BCUT2D eigenvalue weighted by atomic mass is 10.0. The molecule has 3 rings (SSSR count). The fraction of sp³-hybridized carbons (Fsp3) is 0.471. The van der Waals surface area contributed by atoms with Crippen LogP contribution >= 0.6 is 0 Å². The quantitative estimate of drug-likeness (QED) is 0.940. The van der Waals surface area contributed by atoms with Gasteiger partial charge in [0.2, 0.25) is 5.91 Å². The summed E-state index contributed by atoms with van der Waals surface area (Å²) in [6.45, 7) is 5.66. The van der Waals surface area contributed by atoms with Crippen LogP contribution in [-0.4, -0.2) is 39.7 Å². The van der Waals surface area contributed by atoms with Crippen LogP contribution < -0.4 is 0 Å². The van der Waals surface area contributed by atoms with Crippen LogP contribution in [0, 0.1) is 12.8 Å². The molecule has 4 nitrogen and oxygen atoms in total. The van der Waals surface area contributed by atoms with Gasteiger partial charge in [0.05, 0.1) is 6.10 Å². The number of hydrogen-bond donors (Lipinski definition) is 1. The Kier molecular flexibility index (Phi) is 3.72. The van der Waals surface area contributed by atoms with Crippen LogP contribution in [0.1, 0.15) is 19.0 Å². The molecular weight excluding hydrogens is 264 g/mol. The van der Waals surface area contributed by atoms with Gasteiger partial charge in [-0.25, -0.2) is 0 Å². The first-order valence-corrected chi connectivity index (χ1v) is 7.57. The number of carbonyl (C=O) groups excluding carboxylic acids is 1. The summed E-state index contributed by atoms with van der Waals surface area (Å²) in [5.41, 5.74) is 2.21. The van der Waals surface area contributed by atoms with E-state index in [1.807, 2.05) is 30.9 Å². The molecule has 1 aliphatic rings. The maximum Gasteiger partial charge on any atom is 0.242 e. The van der Waals surface area contributed by atoms with Gasteiger partial charge in [-0.1, -0.05) is 18.2 Å². The number of aromatic nitrogens is 1. The summed E-state index contributed by atoms with van der Waals surface area (Å²) in [7, 11) is 0. The topological polar surface area (TPSA) is 45.5 Å². The van der Waals surface area contributed by atoms with Crippen molar-refractivity contribution in [1.29, 1.82) is 0 Å². The minimum atomic E-state index is -0.336. The van der Waals surface area contributed by atoms with Gasteiger partial charge in [0.1, 0.15) is 6.54 Å². The molecule has 1 amide bonds. The molecule has 2 unspecified atom stereocenters. The number of para-hydroxylation sites is 1. The number of amides is 1. The normalized spacial score (nSPS) is 20.1. The SMILES string of the molecule is Cc1cc2ccccc2n1CC(=O)N1CCC(C(C)O)C1. The van der Waals surface area contributed by atoms with Crippen molar-refractivity contribution < 1.29 is 9.90 Å². The third-order valence-corrected chi connectivity index (χ3v) is 4.57. The van der Waals surface area contributed by atoms with Crippen molar-refractivity contribution in [2.75, 3.05) is 13.1 Å². The second-order valence-electron chi connectivity index (χ2n) is 6.06. The maximum atomic E-state index is 12.5. The summed E-state index contributed by atoms with van der Waals surface area (Å²) in [5.74, 6) is 0.360. The number of nitrogens with zero attached hydrogens (tertiary/aromatic N) is 2. The molecule has 0 aliphatic carbocycles. The number of rotatable bonds is 3. The highest BCUT2D eigenvalue weighted by Gasteiger charge is 2.29. The summed E-state index contributed by atoms with van der Waals surface area (Å²) in [5, 5.41) is 10.8. The zero-order chi connectivity index (χ0) is 15.0. The molecule has 1 aromatic carbocycles. The Bertz CT molecular complexity index is 660. The van der Waals surface area contributed by atoms with Gasteiger partial charge in [-0.2, -0.15) is 0 Å². The van der Waals surface area contributed by atoms with Crippen LogP contribution in [0.3, 0.4) is 0 Å². The van der Waals surface area contributed by atoms with Gasteiger partial charge in [-0.3, -0.25) is 4.79 Å². The van der Waals surface area contributed by atoms with Crippen LogP contribution in [-0.2, 0) is 11.3 Å². The summed E-state index contributed by atoms with van der Waals surface area (Å²) in [4.78, 5) is 14.4. The fourth-order valence-corrected chi connectivity index (χ4v) is 3.20. The van der Waals surface area contributed by atoms with Crippen molar-refractivity contribution in [3.63, 3.8) is 0 Å². The molecule has 112 valence electrons. The summed E-state index contributed by atoms with van der Waals surface area (Å²) in [6, 6.07) is 10.3. The molecule has 1 aromatic heterocycles. The Morgan fingerprint density at radius 1 is 1.43 bits per heavy atom. The number of benzene rings is 1. The first kappa shape index (κ1) is 14.1. The molecule has 21 heavy (non-hydrogen) atoms. The van der Waals surface area contributed by atoms with Crippen molar-refractivity contribution in [3.05, 3.63) is 36.0 Å². The predicted molar refractivity (Wildman–Crippen MR) is 83.0 cm³/mol. The highest BCUT2D eigenvalue weighted by atomic mass is 16.3. The van der Waals surface area contributed by atoms with E-state index in [1.165, 1.54) is 5.39 Å². The number of aliphatic hydroxyl groups is 1. The Hall–Kier alpha value is -1.81. The number of hydrogen-bond acceptors (Lipinski definition) is 2. The zero-order valence-electron chi connectivity index (χ0n) is 12.6. The highest BCUT2D eigenvalue weighted by molar-refractivity contribution is 5.84.